The summed E-state index contributed by atoms with van der Waals surface area (Å²) in [4.78, 5) is 21.2. The Balaban J connectivity index is 2.05. The molecule has 0 spiro atoms. The van der Waals surface area contributed by atoms with Crippen molar-refractivity contribution in [3.8, 4) is 5.75 Å². The van der Waals surface area contributed by atoms with Gasteiger partial charge in [0, 0.05) is 17.8 Å². The minimum Gasteiger partial charge on any atom is -0.495 e. The third kappa shape index (κ3) is 4.47. The van der Waals surface area contributed by atoms with Crippen LogP contribution in [0.5, 0.6) is 5.75 Å². The lowest BCUT2D eigenvalue weighted by Gasteiger charge is -2.12. The molecule has 0 aliphatic rings. The lowest BCUT2D eigenvalue weighted by atomic mass is 10.1. The van der Waals surface area contributed by atoms with Crippen LogP contribution >= 0.6 is 11.8 Å². The number of rotatable bonds is 6. The molecule has 0 bridgehead atoms. The minimum absolute atomic E-state index is 0.0494. The highest BCUT2D eigenvalue weighted by Gasteiger charge is 2.12. The second-order valence-electron chi connectivity index (χ2n) is 5.61. The Labute approximate surface area is 147 Å². The molecule has 2 rings (SSSR count). The predicted molar refractivity (Wildman–Crippen MR) is 98.0 cm³/mol. The largest absolute Gasteiger partial charge is 0.495 e. The summed E-state index contributed by atoms with van der Waals surface area (Å²) in [5, 5.41) is 3.69. The molecule has 0 aliphatic carbocycles. The fourth-order valence-corrected chi connectivity index (χ4v) is 2.99. The van der Waals surface area contributed by atoms with E-state index in [0.29, 0.717) is 24.3 Å². The number of hydrogen-bond acceptors (Lipinski definition) is 5. The molecule has 1 heterocycles. The van der Waals surface area contributed by atoms with Crippen LogP contribution < -0.4 is 10.1 Å². The van der Waals surface area contributed by atoms with E-state index in [-0.39, 0.29) is 5.91 Å². The van der Waals surface area contributed by atoms with Gasteiger partial charge in [0.2, 0.25) is 5.91 Å². The summed E-state index contributed by atoms with van der Waals surface area (Å²) in [6, 6.07) is 5.71. The molecule has 6 heteroatoms. The predicted octanol–water partition coefficient (Wildman–Crippen LogP) is 3.70. The molecule has 24 heavy (non-hydrogen) atoms. The Morgan fingerprint density at radius 3 is 2.46 bits per heavy atom. The molecule has 0 radical (unpaired) electrons. The van der Waals surface area contributed by atoms with Crippen molar-refractivity contribution in [1.82, 2.24) is 9.97 Å². The zero-order chi connectivity index (χ0) is 17.7. The maximum absolute atomic E-state index is 12.3. The molecular formula is C18H23N3O2S. The molecule has 0 saturated heterocycles. The summed E-state index contributed by atoms with van der Waals surface area (Å²) < 4.78 is 5.29. The van der Waals surface area contributed by atoms with E-state index in [1.165, 1.54) is 11.8 Å². The van der Waals surface area contributed by atoms with Crippen molar-refractivity contribution >= 4 is 23.4 Å². The van der Waals surface area contributed by atoms with E-state index >= 15 is 0 Å². The fraction of sp³-hybridized carbons (Fsp3) is 0.389. The number of carbonyl (C=O) groups excluding carboxylic acids is 1. The molecule has 128 valence electrons. The van der Waals surface area contributed by atoms with Crippen molar-refractivity contribution in [2.24, 2.45) is 0 Å². The third-order valence-electron chi connectivity index (χ3n) is 3.81. The second-order valence-corrected chi connectivity index (χ2v) is 6.38. The van der Waals surface area contributed by atoms with Crippen molar-refractivity contribution in [1.29, 1.82) is 0 Å². The molecule has 1 N–H and O–H groups in total. The van der Waals surface area contributed by atoms with Crippen LogP contribution in [-0.4, -0.2) is 29.2 Å². The van der Waals surface area contributed by atoms with E-state index in [0.717, 1.165) is 27.7 Å². The first-order valence-electron chi connectivity index (χ1n) is 7.77. The molecule has 2 aromatic rings. The fourth-order valence-electron chi connectivity index (χ4n) is 2.53. The van der Waals surface area contributed by atoms with E-state index in [1.54, 1.807) is 7.11 Å². The van der Waals surface area contributed by atoms with Crippen molar-refractivity contribution in [3.63, 3.8) is 0 Å². The van der Waals surface area contributed by atoms with Crippen LogP contribution in [0.25, 0.3) is 0 Å². The van der Waals surface area contributed by atoms with Crippen LogP contribution in [0.3, 0.4) is 0 Å². The topological polar surface area (TPSA) is 64.1 Å². The first kappa shape index (κ1) is 18.3. The number of nitrogens with one attached hydrogen (secondary N) is 1. The van der Waals surface area contributed by atoms with Gasteiger partial charge in [-0.3, -0.25) is 4.79 Å². The Bertz CT molecular complexity index is 724. The van der Waals surface area contributed by atoms with E-state index in [4.69, 9.17) is 4.74 Å². The van der Waals surface area contributed by atoms with Gasteiger partial charge in [-0.1, -0.05) is 17.8 Å². The number of hydrogen-bond donors (Lipinski definition) is 1. The summed E-state index contributed by atoms with van der Waals surface area (Å²) in [7, 11) is 1.59. The van der Waals surface area contributed by atoms with Gasteiger partial charge >= 0.3 is 0 Å². The summed E-state index contributed by atoms with van der Waals surface area (Å²) in [6.07, 6.45) is 2.95. The van der Waals surface area contributed by atoms with Gasteiger partial charge in [-0.05, 0) is 56.7 Å². The molecule has 5 nitrogen and oxygen atoms in total. The van der Waals surface area contributed by atoms with Crippen LogP contribution in [-0.2, 0) is 11.2 Å². The summed E-state index contributed by atoms with van der Waals surface area (Å²) in [5.74, 6) is 0.612. The lowest BCUT2D eigenvalue weighted by molar-refractivity contribution is -0.116. The molecule has 0 atom stereocenters. The quantitative estimate of drug-likeness (QED) is 0.639. The Kier molecular flexibility index (Phi) is 6.20. The van der Waals surface area contributed by atoms with Crippen LogP contribution in [0, 0.1) is 20.8 Å². The van der Waals surface area contributed by atoms with Gasteiger partial charge < -0.3 is 10.1 Å². The van der Waals surface area contributed by atoms with Crippen molar-refractivity contribution < 1.29 is 9.53 Å². The molecule has 0 unspecified atom stereocenters. The number of carbonyl (C=O) groups is 1. The van der Waals surface area contributed by atoms with E-state index in [9.17, 15) is 4.79 Å². The van der Waals surface area contributed by atoms with Gasteiger partial charge in [-0.15, -0.1) is 0 Å². The SMILES string of the molecule is COc1ccc(C)cc1NC(=O)CCc1c(C)nc(SC)nc1C. The van der Waals surface area contributed by atoms with Gasteiger partial charge in [-0.2, -0.15) is 0 Å². The molecule has 0 aliphatic heterocycles. The van der Waals surface area contributed by atoms with Gasteiger partial charge in [0.15, 0.2) is 5.16 Å². The zero-order valence-electron chi connectivity index (χ0n) is 14.8. The summed E-state index contributed by atoms with van der Waals surface area (Å²) in [6.45, 7) is 5.91. The Hall–Kier alpha value is -2.08. The maximum atomic E-state index is 12.3. The smallest absolute Gasteiger partial charge is 0.224 e. The van der Waals surface area contributed by atoms with Crippen molar-refractivity contribution in [3.05, 3.63) is 40.7 Å². The summed E-state index contributed by atoms with van der Waals surface area (Å²) >= 11 is 1.52. The van der Waals surface area contributed by atoms with Crippen LogP contribution in [0.1, 0.15) is 28.9 Å². The highest BCUT2D eigenvalue weighted by atomic mass is 32.2. The Morgan fingerprint density at radius 2 is 1.88 bits per heavy atom. The molecule has 1 amide bonds. The maximum Gasteiger partial charge on any atom is 0.224 e. The molecule has 0 fully saturated rings. The van der Waals surface area contributed by atoms with Crippen LogP contribution in [0.2, 0.25) is 0 Å². The van der Waals surface area contributed by atoms with E-state index < -0.39 is 0 Å². The standard InChI is InChI=1S/C18H23N3O2S/c1-11-6-8-16(23-4)15(10-11)21-17(22)9-7-14-12(2)19-18(24-5)20-13(14)3/h6,8,10H,7,9H2,1-5H3,(H,21,22). The number of nitrogens with zero attached hydrogens (tertiary/aromatic N) is 2. The average molecular weight is 345 g/mol. The molecule has 1 aromatic heterocycles. The van der Waals surface area contributed by atoms with E-state index in [1.807, 2.05) is 45.2 Å². The minimum atomic E-state index is -0.0494. The number of methoxy groups -OCH3 is 1. The second kappa shape index (κ2) is 8.15. The van der Waals surface area contributed by atoms with Crippen molar-refractivity contribution in [2.45, 2.75) is 38.8 Å². The highest BCUT2D eigenvalue weighted by molar-refractivity contribution is 7.98. The van der Waals surface area contributed by atoms with Crippen LogP contribution in [0.4, 0.5) is 5.69 Å². The van der Waals surface area contributed by atoms with Crippen molar-refractivity contribution in [2.75, 3.05) is 18.7 Å². The average Bonchev–Trinajstić information content (AvgIpc) is 2.54. The van der Waals surface area contributed by atoms with Gasteiger partial charge in [0.05, 0.1) is 12.8 Å². The molecular weight excluding hydrogens is 322 g/mol. The molecule has 1 aromatic carbocycles. The number of anilines is 1. The zero-order valence-corrected chi connectivity index (χ0v) is 15.6. The number of benzene rings is 1. The summed E-state index contributed by atoms with van der Waals surface area (Å²) in [5.41, 5.74) is 4.68. The number of thioether (sulfide) groups is 1. The first-order valence-corrected chi connectivity index (χ1v) is 8.99. The number of amides is 1. The monoisotopic (exact) mass is 345 g/mol. The lowest BCUT2D eigenvalue weighted by Crippen LogP contribution is -2.14. The van der Waals surface area contributed by atoms with E-state index in [2.05, 4.69) is 15.3 Å². The number of aromatic nitrogens is 2. The van der Waals surface area contributed by atoms with Gasteiger partial charge in [-0.25, -0.2) is 9.97 Å². The Morgan fingerprint density at radius 1 is 1.21 bits per heavy atom. The first-order chi connectivity index (χ1) is 11.4. The van der Waals surface area contributed by atoms with Gasteiger partial charge in [0.25, 0.3) is 0 Å². The molecule has 0 saturated carbocycles. The number of aryl methyl sites for hydroxylation is 3. The van der Waals surface area contributed by atoms with Crippen LogP contribution in [0.15, 0.2) is 23.4 Å². The number of ether oxygens (including phenoxy) is 1. The van der Waals surface area contributed by atoms with Gasteiger partial charge in [0.1, 0.15) is 5.75 Å². The normalized spacial score (nSPS) is 10.5. The third-order valence-corrected chi connectivity index (χ3v) is 4.36. The highest BCUT2D eigenvalue weighted by Crippen LogP contribution is 2.25.